The van der Waals surface area contributed by atoms with Crippen molar-refractivity contribution < 1.29 is 13.9 Å². The van der Waals surface area contributed by atoms with Crippen LogP contribution >= 0.6 is 0 Å². The van der Waals surface area contributed by atoms with Crippen LogP contribution in [-0.2, 0) is 35.5 Å². The molecular weight excluding hydrogens is 465 g/mol. The Hall–Kier alpha value is -3.80. The van der Waals surface area contributed by atoms with Crippen molar-refractivity contribution in [2.75, 3.05) is 0 Å². The Bertz CT molecular complexity index is 1390. The van der Waals surface area contributed by atoms with Gasteiger partial charge in [0.1, 0.15) is 12.1 Å². The maximum atomic E-state index is 14.7. The topological polar surface area (TPSA) is 57.0 Å². The van der Waals surface area contributed by atoms with Gasteiger partial charge in [-0.2, -0.15) is 0 Å². The lowest BCUT2D eigenvalue weighted by atomic mass is 9.94. The molecule has 0 spiro atoms. The summed E-state index contributed by atoms with van der Waals surface area (Å²) in [6, 6.07) is 21.9. The van der Waals surface area contributed by atoms with E-state index in [4.69, 9.17) is 4.74 Å². The number of carbonyl (C=O) groups is 1. The van der Waals surface area contributed by atoms with Crippen LogP contribution in [0.5, 0.6) is 0 Å². The Labute approximate surface area is 217 Å². The average Bonchev–Trinajstić information content (AvgIpc) is 3.53. The highest BCUT2D eigenvalue weighted by Crippen LogP contribution is 2.31. The molecule has 5 nitrogen and oxygen atoms in total. The smallest absolute Gasteiger partial charge is 0.313 e. The van der Waals surface area contributed by atoms with Crippen molar-refractivity contribution in [1.29, 1.82) is 0 Å². The van der Waals surface area contributed by atoms with Crippen LogP contribution in [0.1, 0.15) is 43.9 Å². The first-order chi connectivity index (χ1) is 17.8. The van der Waals surface area contributed by atoms with E-state index in [1.54, 1.807) is 12.4 Å². The number of fused-ring (bicyclic) bond motifs is 1. The molecule has 0 amide bonds. The normalized spacial score (nSPS) is 13.5. The molecule has 1 aromatic heterocycles. The minimum absolute atomic E-state index is 0.0101. The summed E-state index contributed by atoms with van der Waals surface area (Å²) < 4.78 is 21.5. The second-order valence-electron chi connectivity index (χ2n) is 10.9. The molecule has 6 heteroatoms. The molecule has 37 heavy (non-hydrogen) atoms. The largest absolute Gasteiger partial charge is 0.442 e. The van der Waals surface area contributed by atoms with Gasteiger partial charge in [0, 0.05) is 5.56 Å². The quantitative estimate of drug-likeness (QED) is 0.268. The van der Waals surface area contributed by atoms with Gasteiger partial charge in [0.25, 0.3) is 0 Å². The second kappa shape index (κ2) is 10.3. The van der Waals surface area contributed by atoms with E-state index in [1.807, 2.05) is 57.2 Å². The van der Waals surface area contributed by atoms with Gasteiger partial charge >= 0.3 is 5.97 Å². The summed E-state index contributed by atoms with van der Waals surface area (Å²) in [6.45, 7) is 5.43. The van der Waals surface area contributed by atoms with Crippen molar-refractivity contribution in [3.8, 4) is 22.5 Å². The molecule has 4 aromatic rings. The third-order valence-corrected chi connectivity index (χ3v) is 6.93. The average molecular weight is 498 g/mol. The monoisotopic (exact) mass is 497 g/mol. The van der Waals surface area contributed by atoms with Gasteiger partial charge in [-0.1, -0.05) is 48.5 Å². The van der Waals surface area contributed by atoms with E-state index in [9.17, 15) is 9.18 Å². The van der Waals surface area contributed by atoms with Gasteiger partial charge in [0.05, 0.1) is 5.41 Å². The summed E-state index contributed by atoms with van der Waals surface area (Å²) in [6.07, 6.45) is 5.39. The molecule has 0 aliphatic heterocycles. The second-order valence-corrected chi connectivity index (χ2v) is 10.9. The summed E-state index contributed by atoms with van der Waals surface area (Å²) in [5, 5.41) is 4.46. The van der Waals surface area contributed by atoms with Gasteiger partial charge in [-0.15, -0.1) is 5.10 Å². The van der Waals surface area contributed by atoms with E-state index in [-0.39, 0.29) is 18.5 Å². The van der Waals surface area contributed by atoms with Gasteiger partial charge in [-0.3, -0.25) is 4.79 Å². The molecule has 0 radical (unpaired) electrons. The van der Waals surface area contributed by atoms with Crippen molar-refractivity contribution in [3.63, 3.8) is 0 Å². The molecule has 0 saturated heterocycles. The van der Waals surface area contributed by atoms with Crippen LogP contribution in [-0.4, -0.2) is 20.7 Å². The third kappa shape index (κ3) is 5.79. The van der Waals surface area contributed by atoms with Crippen LogP contribution in [0.25, 0.3) is 22.5 Å². The summed E-state index contributed by atoms with van der Waals surface area (Å²) in [5.74, 6) is 0.654. The van der Waals surface area contributed by atoms with E-state index < -0.39 is 5.41 Å². The molecular formula is C31H32FN3O2. The lowest BCUT2D eigenvalue weighted by Crippen LogP contribution is -2.24. The SMILES string of the molecule is CC(C)(C)C(=O)OCn1cnc(-c2cccc(-c3ccc(F)c(CCC4Cc5ccccc5C4)c3)c2)n1. The summed E-state index contributed by atoms with van der Waals surface area (Å²) in [5.41, 5.74) is 5.82. The van der Waals surface area contributed by atoms with Crippen molar-refractivity contribution in [2.45, 2.75) is 53.2 Å². The van der Waals surface area contributed by atoms with Crippen molar-refractivity contribution >= 4 is 5.97 Å². The molecule has 1 aliphatic rings. The Balaban J connectivity index is 1.27. The van der Waals surface area contributed by atoms with E-state index in [1.165, 1.54) is 15.8 Å². The maximum Gasteiger partial charge on any atom is 0.313 e. The molecule has 3 aromatic carbocycles. The molecule has 1 heterocycles. The minimum Gasteiger partial charge on any atom is -0.442 e. The number of carbonyl (C=O) groups excluding carboxylic acids is 1. The molecule has 0 bridgehead atoms. The van der Waals surface area contributed by atoms with E-state index >= 15 is 0 Å². The number of rotatable bonds is 7. The number of esters is 1. The van der Waals surface area contributed by atoms with Gasteiger partial charge in [-0.05, 0) is 98.4 Å². The predicted molar refractivity (Wildman–Crippen MR) is 142 cm³/mol. The predicted octanol–water partition coefficient (Wildman–Crippen LogP) is 6.65. The summed E-state index contributed by atoms with van der Waals surface area (Å²) in [4.78, 5) is 16.4. The molecule has 0 atom stereocenters. The van der Waals surface area contributed by atoms with Gasteiger partial charge in [0.2, 0.25) is 0 Å². The van der Waals surface area contributed by atoms with Crippen molar-refractivity contribution in [2.24, 2.45) is 11.3 Å². The molecule has 1 aliphatic carbocycles. The number of hydrogen-bond donors (Lipinski definition) is 0. The molecule has 5 rings (SSSR count). The number of ether oxygens (including phenoxy) is 1. The van der Waals surface area contributed by atoms with Crippen LogP contribution in [0.15, 0.2) is 73.1 Å². The van der Waals surface area contributed by atoms with E-state index in [0.717, 1.165) is 47.9 Å². The van der Waals surface area contributed by atoms with Crippen LogP contribution in [0, 0.1) is 17.2 Å². The zero-order valence-corrected chi connectivity index (χ0v) is 21.6. The first-order valence-electron chi connectivity index (χ1n) is 12.8. The highest BCUT2D eigenvalue weighted by Gasteiger charge is 2.23. The van der Waals surface area contributed by atoms with Crippen molar-refractivity contribution in [1.82, 2.24) is 14.8 Å². The molecule has 190 valence electrons. The lowest BCUT2D eigenvalue weighted by Gasteiger charge is -2.16. The third-order valence-electron chi connectivity index (χ3n) is 6.93. The fourth-order valence-electron chi connectivity index (χ4n) is 4.83. The zero-order chi connectivity index (χ0) is 26.0. The van der Waals surface area contributed by atoms with Gasteiger partial charge < -0.3 is 4.74 Å². The van der Waals surface area contributed by atoms with Gasteiger partial charge in [0.15, 0.2) is 12.6 Å². The molecule has 0 N–H and O–H groups in total. The minimum atomic E-state index is -0.576. The Kier molecular flexibility index (Phi) is 6.92. The fourth-order valence-corrected chi connectivity index (χ4v) is 4.83. The van der Waals surface area contributed by atoms with E-state index in [2.05, 4.69) is 34.3 Å². The summed E-state index contributed by atoms with van der Waals surface area (Å²) >= 11 is 0. The highest BCUT2D eigenvalue weighted by atomic mass is 19.1. The number of hydrogen-bond acceptors (Lipinski definition) is 4. The zero-order valence-electron chi connectivity index (χ0n) is 21.6. The Morgan fingerprint density at radius 1 is 0.973 bits per heavy atom. The van der Waals surface area contributed by atoms with Gasteiger partial charge in [-0.25, -0.2) is 14.1 Å². The number of nitrogens with zero attached hydrogens (tertiary/aromatic N) is 3. The maximum absolute atomic E-state index is 14.7. The molecule has 0 fully saturated rings. The number of aryl methyl sites for hydroxylation is 1. The fraction of sp³-hybridized carbons (Fsp3) is 0.323. The van der Waals surface area contributed by atoms with Crippen LogP contribution in [0.2, 0.25) is 0 Å². The standard InChI is InChI=1S/C31H32FN3O2/c1-31(2,3)30(36)37-20-35-19-33-29(34-35)27-10-6-9-24(18-27)25-13-14-28(32)26(17-25)12-11-21-15-22-7-4-5-8-23(22)16-21/h4-10,13-14,17-19,21H,11-12,15-16,20H2,1-3H3. The molecule has 0 unspecified atom stereocenters. The van der Waals surface area contributed by atoms with Crippen LogP contribution < -0.4 is 0 Å². The number of aromatic nitrogens is 3. The Morgan fingerprint density at radius 3 is 2.41 bits per heavy atom. The first kappa shape index (κ1) is 24.9. The number of halogens is 1. The van der Waals surface area contributed by atoms with Crippen LogP contribution in [0.4, 0.5) is 4.39 Å². The van der Waals surface area contributed by atoms with Crippen LogP contribution in [0.3, 0.4) is 0 Å². The summed E-state index contributed by atoms with van der Waals surface area (Å²) in [7, 11) is 0. The van der Waals surface area contributed by atoms with Crippen molar-refractivity contribution in [3.05, 3.63) is 95.6 Å². The molecule has 0 saturated carbocycles. The highest BCUT2D eigenvalue weighted by molar-refractivity contribution is 5.75. The Morgan fingerprint density at radius 2 is 1.68 bits per heavy atom. The number of benzene rings is 3. The first-order valence-corrected chi connectivity index (χ1v) is 12.8. The lowest BCUT2D eigenvalue weighted by molar-refractivity contribution is -0.157. The van der Waals surface area contributed by atoms with E-state index in [0.29, 0.717) is 11.7 Å².